The number of hydrogen-bond donors (Lipinski definition) is 0. The van der Waals surface area contributed by atoms with E-state index in [4.69, 9.17) is 9.57 Å². The lowest BCUT2D eigenvalue weighted by Crippen LogP contribution is -2.24. The van der Waals surface area contributed by atoms with Gasteiger partial charge in [0.05, 0.1) is 13.2 Å². The Bertz CT molecular complexity index is 64.6. The highest BCUT2D eigenvalue weighted by Crippen LogP contribution is 1.87. The summed E-state index contributed by atoms with van der Waals surface area (Å²) in [4.78, 5) is 5.29. The normalized spacial score (nSPS) is 10.8. The number of methoxy groups -OCH3 is 1. The van der Waals surface area contributed by atoms with Gasteiger partial charge in [-0.2, -0.15) is 5.06 Å². The average Bonchev–Trinajstić information content (AvgIpc) is 1.99. The van der Waals surface area contributed by atoms with Crippen molar-refractivity contribution < 1.29 is 9.57 Å². The highest BCUT2D eigenvalue weighted by Gasteiger charge is 1.96. The molecule has 0 heterocycles. The zero-order valence-electron chi connectivity index (χ0n) is 7.09. The van der Waals surface area contributed by atoms with Crippen LogP contribution in [0.5, 0.6) is 0 Å². The summed E-state index contributed by atoms with van der Waals surface area (Å²) in [6.45, 7) is 7.31. The van der Waals surface area contributed by atoms with Gasteiger partial charge >= 0.3 is 0 Å². The van der Waals surface area contributed by atoms with Crippen molar-refractivity contribution in [3.05, 3.63) is 0 Å². The van der Waals surface area contributed by atoms with Crippen molar-refractivity contribution in [2.45, 2.75) is 13.8 Å². The Morgan fingerprint density at radius 2 is 1.70 bits per heavy atom. The molecule has 0 atom stereocenters. The first-order valence-electron chi connectivity index (χ1n) is 3.71. The topological polar surface area (TPSA) is 21.7 Å². The van der Waals surface area contributed by atoms with E-state index in [1.54, 1.807) is 7.11 Å². The zero-order valence-corrected chi connectivity index (χ0v) is 7.09. The van der Waals surface area contributed by atoms with E-state index in [9.17, 15) is 0 Å². The van der Waals surface area contributed by atoms with E-state index in [2.05, 4.69) is 13.8 Å². The Morgan fingerprint density at radius 1 is 1.10 bits per heavy atom. The van der Waals surface area contributed by atoms with Gasteiger partial charge in [-0.05, 0) is 0 Å². The van der Waals surface area contributed by atoms with Gasteiger partial charge in [0.25, 0.3) is 0 Å². The van der Waals surface area contributed by atoms with Gasteiger partial charge in [0, 0.05) is 20.2 Å². The summed E-state index contributed by atoms with van der Waals surface area (Å²) in [5.74, 6) is 0. The van der Waals surface area contributed by atoms with Gasteiger partial charge in [-0.15, -0.1) is 0 Å². The predicted molar refractivity (Wildman–Crippen MR) is 40.7 cm³/mol. The summed E-state index contributed by atoms with van der Waals surface area (Å²) in [5.41, 5.74) is 0. The van der Waals surface area contributed by atoms with Crippen molar-refractivity contribution in [1.29, 1.82) is 0 Å². The fourth-order valence-electron chi connectivity index (χ4n) is 0.656. The second-order valence-electron chi connectivity index (χ2n) is 1.94. The van der Waals surface area contributed by atoms with Gasteiger partial charge in [0.1, 0.15) is 0 Å². The van der Waals surface area contributed by atoms with Crippen LogP contribution in [-0.2, 0) is 9.57 Å². The van der Waals surface area contributed by atoms with E-state index in [0.29, 0.717) is 13.2 Å². The van der Waals surface area contributed by atoms with Crippen LogP contribution in [0.15, 0.2) is 0 Å². The van der Waals surface area contributed by atoms with E-state index < -0.39 is 0 Å². The van der Waals surface area contributed by atoms with E-state index in [0.717, 1.165) is 13.1 Å². The summed E-state index contributed by atoms with van der Waals surface area (Å²) in [7, 11) is 1.67. The van der Waals surface area contributed by atoms with Crippen LogP contribution in [0.3, 0.4) is 0 Å². The van der Waals surface area contributed by atoms with Crippen LogP contribution < -0.4 is 0 Å². The fraction of sp³-hybridized carbons (Fsp3) is 1.00. The largest absolute Gasteiger partial charge is 0.382 e. The molecule has 0 saturated heterocycles. The van der Waals surface area contributed by atoms with E-state index in [1.165, 1.54) is 0 Å². The van der Waals surface area contributed by atoms with Crippen LogP contribution in [0.25, 0.3) is 0 Å². The average molecular weight is 147 g/mol. The van der Waals surface area contributed by atoms with Crippen LogP contribution in [0.4, 0.5) is 0 Å². The molecule has 0 unspecified atom stereocenters. The molecule has 0 aromatic carbocycles. The number of rotatable bonds is 6. The van der Waals surface area contributed by atoms with Crippen molar-refractivity contribution in [2.75, 3.05) is 33.4 Å². The molecule has 0 amide bonds. The van der Waals surface area contributed by atoms with Gasteiger partial charge < -0.3 is 4.74 Å². The van der Waals surface area contributed by atoms with Gasteiger partial charge in [-0.1, -0.05) is 13.8 Å². The maximum Gasteiger partial charge on any atom is 0.0918 e. The molecule has 3 nitrogen and oxygen atoms in total. The summed E-state index contributed by atoms with van der Waals surface area (Å²) in [6, 6.07) is 0. The molecular weight excluding hydrogens is 130 g/mol. The van der Waals surface area contributed by atoms with E-state index in [-0.39, 0.29) is 0 Å². The van der Waals surface area contributed by atoms with Crippen LogP contribution >= 0.6 is 0 Å². The lowest BCUT2D eigenvalue weighted by atomic mass is 10.6. The van der Waals surface area contributed by atoms with Gasteiger partial charge in [-0.25, -0.2) is 0 Å². The fourth-order valence-corrected chi connectivity index (χ4v) is 0.656. The first-order valence-corrected chi connectivity index (χ1v) is 3.71. The summed E-state index contributed by atoms with van der Waals surface area (Å²) >= 11 is 0. The Hall–Kier alpha value is -0.120. The summed E-state index contributed by atoms with van der Waals surface area (Å²) in [5, 5.41) is 1.90. The Kier molecular flexibility index (Phi) is 6.91. The quantitative estimate of drug-likeness (QED) is 0.411. The predicted octanol–water partition coefficient (Wildman–Crippen LogP) is 0.906. The Morgan fingerprint density at radius 3 is 2.10 bits per heavy atom. The van der Waals surface area contributed by atoms with E-state index in [1.807, 2.05) is 5.06 Å². The molecule has 0 radical (unpaired) electrons. The molecule has 0 spiro atoms. The van der Waals surface area contributed by atoms with Crippen molar-refractivity contribution in [3.63, 3.8) is 0 Å². The first kappa shape index (κ1) is 9.88. The summed E-state index contributed by atoms with van der Waals surface area (Å²) < 4.78 is 4.83. The molecule has 0 fully saturated rings. The molecule has 10 heavy (non-hydrogen) atoms. The minimum absolute atomic E-state index is 0.651. The number of ether oxygens (including phenoxy) is 1. The molecule has 0 aliphatic carbocycles. The molecule has 0 rings (SSSR count). The standard InChI is InChI=1S/C7H17NO2/c1-4-8(5-2)10-7-6-9-3/h4-7H2,1-3H3. The van der Waals surface area contributed by atoms with Gasteiger partial charge in [-0.3, -0.25) is 4.84 Å². The minimum Gasteiger partial charge on any atom is -0.382 e. The molecule has 0 aliphatic rings. The Labute approximate surface area is 62.9 Å². The van der Waals surface area contributed by atoms with Crippen LogP contribution in [0.2, 0.25) is 0 Å². The highest BCUT2D eigenvalue weighted by atomic mass is 16.7. The third-order valence-electron chi connectivity index (χ3n) is 1.27. The monoisotopic (exact) mass is 147 g/mol. The zero-order chi connectivity index (χ0) is 7.82. The van der Waals surface area contributed by atoms with Crippen LogP contribution in [0, 0.1) is 0 Å². The first-order chi connectivity index (χ1) is 4.85. The van der Waals surface area contributed by atoms with Crippen molar-refractivity contribution >= 4 is 0 Å². The van der Waals surface area contributed by atoms with Crippen molar-refractivity contribution in [3.8, 4) is 0 Å². The molecule has 0 bridgehead atoms. The van der Waals surface area contributed by atoms with Crippen molar-refractivity contribution in [2.24, 2.45) is 0 Å². The molecule has 62 valence electrons. The van der Waals surface area contributed by atoms with Crippen molar-refractivity contribution in [1.82, 2.24) is 5.06 Å². The van der Waals surface area contributed by atoms with Crippen LogP contribution in [0.1, 0.15) is 13.8 Å². The second-order valence-corrected chi connectivity index (χ2v) is 1.94. The van der Waals surface area contributed by atoms with Gasteiger partial charge in [0.15, 0.2) is 0 Å². The molecule has 0 saturated carbocycles. The Balaban J connectivity index is 3.09. The molecule has 0 aliphatic heterocycles. The molecule has 0 aromatic heterocycles. The van der Waals surface area contributed by atoms with Crippen LogP contribution in [-0.4, -0.2) is 38.5 Å². The second kappa shape index (κ2) is 6.99. The highest BCUT2D eigenvalue weighted by molar-refractivity contribution is 4.33. The maximum atomic E-state index is 5.29. The third kappa shape index (κ3) is 4.73. The smallest absolute Gasteiger partial charge is 0.0918 e. The van der Waals surface area contributed by atoms with E-state index >= 15 is 0 Å². The lowest BCUT2D eigenvalue weighted by molar-refractivity contribution is -0.161. The lowest BCUT2D eigenvalue weighted by Gasteiger charge is -2.16. The molecule has 0 aromatic rings. The molecular formula is C7H17NO2. The number of nitrogens with zero attached hydrogens (tertiary/aromatic N) is 1. The minimum atomic E-state index is 0.651. The third-order valence-corrected chi connectivity index (χ3v) is 1.27. The SMILES string of the molecule is CCN(CC)OCCOC. The summed E-state index contributed by atoms with van der Waals surface area (Å²) in [6.07, 6.45) is 0. The molecule has 3 heteroatoms. The maximum absolute atomic E-state index is 5.29. The molecule has 0 N–H and O–H groups in total. The number of hydrogen-bond acceptors (Lipinski definition) is 3. The number of hydroxylamine groups is 2. The van der Waals surface area contributed by atoms with Gasteiger partial charge in [0.2, 0.25) is 0 Å².